The zero-order valence-electron chi connectivity index (χ0n) is 8.99. The van der Waals surface area contributed by atoms with Gasteiger partial charge in [-0.15, -0.1) is 11.3 Å². The molecule has 0 aliphatic carbocycles. The van der Waals surface area contributed by atoms with Crippen molar-refractivity contribution in [1.82, 2.24) is 5.43 Å². The van der Waals surface area contributed by atoms with Crippen LogP contribution in [0.3, 0.4) is 0 Å². The van der Waals surface area contributed by atoms with Gasteiger partial charge in [0.25, 0.3) is 0 Å². The minimum Gasteiger partial charge on any atom is -0.271 e. The first-order valence-corrected chi connectivity index (χ1v) is 6.81. The summed E-state index contributed by atoms with van der Waals surface area (Å²) in [5, 5.41) is 2.02. The van der Waals surface area contributed by atoms with E-state index in [-0.39, 0.29) is 11.9 Å². The lowest BCUT2D eigenvalue weighted by Gasteiger charge is -2.16. The summed E-state index contributed by atoms with van der Waals surface area (Å²) in [6.07, 6.45) is 0.754. The minimum atomic E-state index is -0.263. The predicted octanol–water partition coefficient (Wildman–Crippen LogP) is 3.40. The van der Waals surface area contributed by atoms with Gasteiger partial charge in [0.1, 0.15) is 5.82 Å². The molecule has 2 aromatic rings. The topological polar surface area (TPSA) is 38.0 Å². The van der Waals surface area contributed by atoms with E-state index >= 15 is 0 Å². The summed E-state index contributed by atoms with van der Waals surface area (Å²) in [6.45, 7) is 0. The molecule has 2 rings (SSSR count). The van der Waals surface area contributed by atoms with Crippen molar-refractivity contribution in [3.05, 3.63) is 56.4 Å². The largest absolute Gasteiger partial charge is 0.271 e. The van der Waals surface area contributed by atoms with Gasteiger partial charge in [-0.05, 0) is 35.2 Å². The fourth-order valence-corrected chi connectivity index (χ4v) is 2.91. The van der Waals surface area contributed by atoms with E-state index in [1.165, 1.54) is 17.0 Å². The predicted molar refractivity (Wildman–Crippen MR) is 72.2 cm³/mol. The standard InChI is InChI=1S/C12H12BrFN2S/c13-9-4-8(5-10(14)6-9)12(16-15)7-11-2-1-3-17-11/h1-6,12,16H,7,15H2. The third-order valence-electron chi connectivity index (χ3n) is 2.47. The fourth-order valence-electron chi connectivity index (χ4n) is 1.68. The van der Waals surface area contributed by atoms with E-state index in [2.05, 4.69) is 21.4 Å². The van der Waals surface area contributed by atoms with Crippen LogP contribution in [0.15, 0.2) is 40.2 Å². The molecule has 0 amide bonds. The molecule has 1 atom stereocenters. The molecular weight excluding hydrogens is 303 g/mol. The zero-order chi connectivity index (χ0) is 12.3. The molecule has 1 aromatic heterocycles. The van der Waals surface area contributed by atoms with E-state index in [9.17, 15) is 4.39 Å². The first kappa shape index (κ1) is 12.7. The first-order valence-electron chi connectivity index (χ1n) is 5.13. The second-order valence-corrected chi connectivity index (χ2v) is 5.65. The summed E-state index contributed by atoms with van der Waals surface area (Å²) in [7, 11) is 0. The molecule has 0 aliphatic rings. The Hall–Kier alpha value is -0.750. The van der Waals surface area contributed by atoms with E-state index < -0.39 is 0 Å². The monoisotopic (exact) mass is 314 g/mol. The summed E-state index contributed by atoms with van der Waals surface area (Å²) in [4.78, 5) is 1.22. The van der Waals surface area contributed by atoms with Gasteiger partial charge in [-0.3, -0.25) is 11.3 Å². The van der Waals surface area contributed by atoms with Crippen LogP contribution in [-0.2, 0) is 6.42 Å². The zero-order valence-corrected chi connectivity index (χ0v) is 11.4. The maximum absolute atomic E-state index is 13.3. The van der Waals surface area contributed by atoms with Gasteiger partial charge >= 0.3 is 0 Å². The van der Waals surface area contributed by atoms with Gasteiger partial charge < -0.3 is 0 Å². The Morgan fingerprint density at radius 1 is 1.41 bits per heavy atom. The van der Waals surface area contributed by atoms with Crippen molar-refractivity contribution in [1.29, 1.82) is 0 Å². The van der Waals surface area contributed by atoms with Crippen molar-refractivity contribution in [2.75, 3.05) is 0 Å². The lowest BCUT2D eigenvalue weighted by molar-refractivity contribution is 0.547. The highest BCUT2D eigenvalue weighted by Crippen LogP contribution is 2.24. The lowest BCUT2D eigenvalue weighted by Crippen LogP contribution is -2.29. The Morgan fingerprint density at radius 3 is 2.82 bits per heavy atom. The maximum Gasteiger partial charge on any atom is 0.124 e. The number of halogens is 2. The van der Waals surface area contributed by atoms with Crippen molar-refractivity contribution in [2.45, 2.75) is 12.5 Å². The van der Waals surface area contributed by atoms with Crippen LogP contribution >= 0.6 is 27.3 Å². The molecule has 5 heteroatoms. The van der Waals surface area contributed by atoms with Crippen LogP contribution in [0.4, 0.5) is 4.39 Å². The van der Waals surface area contributed by atoms with Crippen molar-refractivity contribution in [2.24, 2.45) is 5.84 Å². The third-order valence-corrected chi connectivity index (χ3v) is 3.83. The summed E-state index contributed by atoms with van der Waals surface area (Å²) in [6, 6.07) is 8.77. The van der Waals surface area contributed by atoms with Crippen LogP contribution in [0, 0.1) is 5.82 Å². The molecule has 17 heavy (non-hydrogen) atoms. The molecule has 90 valence electrons. The van der Waals surface area contributed by atoms with Crippen molar-refractivity contribution in [3.63, 3.8) is 0 Å². The molecule has 0 saturated carbocycles. The number of hydrogen-bond acceptors (Lipinski definition) is 3. The molecule has 0 saturated heterocycles. The van der Waals surface area contributed by atoms with E-state index in [1.807, 2.05) is 23.6 Å². The first-order chi connectivity index (χ1) is 8.19. The number of hydrogen-bond donors (Lipinski definition) is 2. The molecule has 0 bridgehead atoms. The van der Waals surface area contributed by atoms with Crippen LogP contribution in [-0.4, -0.2) is 0 Å². The molecule has 0 spiro atoms. The number of rotatable bonds is 4. The Bertz CT molecular complexity index is 467. The fraction of sp³-hybridized carbons (Fsp3) is 0.167. The van der Waals surface area contributed by atoms with E-state index in [1.54, 1.807) is 11.3 Å². The van der Waals surface area contributed by atoms with Gasteiger partial charge in [0, 0.05) is 15.8 Å². The summed E-state index contributed by atoms with van der Waals surface area (Å²) < 4.78 is 14.0. The molecule has 1 aromatic carbocycles. The summed E-state index contributed by atoms with van der Waals surface area (Å²) in [5.74, 6) is 5.28. The van der Waals surface area contributed by atoms with Crippen molar-refractivity contribution >= 4 is 27.3 Å². The average molecular weight is 315 g/mol. The SMILES string of the molecule is NNC(Cc1cccs1)c1cc(F)cc(Br)c1. The van der Waals surface area contributed by atoms with Gasteiger partial charge in [0.05, 0.1) is 6.04 Å². The van der Waals surface area contributed by atoms with Crippen LogP contribution in [0.5, 0.6) is 0 Å². The molecule has 0 aliphatic heterocycles. The molecule has 1 unspecified atom stereocenters. The summed E-state index contributed by atoms with van der Waals surface area (Å²) >= 11 is 4.95. The van der Waals surface area contributed by atoms with Gasteiger partial charge in [0.2, 0.25) is 0 Å². The Balaban J connectivity index is 2.22. The number of thiophene rings is 1. The quantitative estimate of drug-likeness (QED) is 0.670. The van der Waals surface area contributed by atoms with Gasteiger partial charge in [-0.2, -0.15) is 0 Å². The number of hydrazine groups is 1. The summed E-state index contributed by atoms with van der Waals surface area (Å²) in [5.41, 5.74) is 3.57. The third kappa shape index (κ3) is 3.35. The normalized spacial score (nSPS) is 12.6. The van der Waals surface area contributed by atoms with Crippen molar-refractivity contribution < 1.29 is 4.39 Å². The number of benzene rings is 1. The van der Waals surface area contributed by atoms with Crippen LogP contribution in [0.25, 0.3) is 0 Å². The van der Waals surface area contributed by atoms with Gasteiger partial charge in [0.15, 0.2) is 0 Å². The lowest BCUT2D eigenvalue weighted by atomic mass is 10.0. The highest BCUT2D eigenvalue weighted by atomic mass is 79.9. The second-order valence-electron chi connectivity index (χ2n) is 3.71. The average Bonchev–Trinajstić information content (AvgIpc) is 2.77. The Labute approximate surface area is 112 Å². The Morgan fingerprint density at radius 2 is 2.24 bits per heavy atom. The number of nitrogens with one attached hydrogen (secondary N) is 1. The van der Waals surface area contributed by atoms with Crippen molar-refractivity contribution in [3.8, 4) is 0 Å². The Kier molecular flexibility index (Phi) is 4.28. The van der Waals surface area contributed by atoms with Gasteiger partial charge in [-0.25, -0.2) is 4.39 Å². The van der Waals surface area contributed by atoms with E-state index in [0.717, 1.165) is 16.5 Å². The van der Waals surface area contributed by atoms with Gasteiger partial charge in [-0.1, -0.05) is 22.0 Å². The molecule has 0 radical (unpaired) electrons. The van der Waals surface area contributed by atoms with E-state index in [4.69, 9.17) is 5.84 Å². The molecule has 0 fully saturated rings. The van der Waals surface area contributed by atoms with E-state index in [0.29, 0.717) is 0 Å². The highest BCUT2D eigenvalue weighted by Gasteiger charge is 2.12. The number of nitrogens with two attached hydrogens (primary N) is 1. The molecule has 2 nitrogen and oxygen atoms in total. The smallest absolute Gasteiger partial charge is 0.124 e. The highest BCUT2D eigenvalue weighted by molar-refractivity contribution is 9.10. The van der Waals surface area contributed by atoms with Crippen LogP contribution in [0.2, 0.25) is 0 Å². The second kappa shape index (κ2) is 5.73. The van der Waals surface area contributed by atoms with Crippen LogP contribution < -0.4 is 11.3 Å². The maximum atomic E-state index is 13.3. The molecule has 1 heterocycles. The molecule has 3 N–H and O–H groups in total. The van der Waals surface area contributed by atoms with Crippen LogP contribution in [0.1, 0.15) is 16.5 Å². The minimum absolute atomic E-state index is 0.0827. The molecular formula is C12H12BrFN2S.